The fraction of sp³-hybridized carbons (Fsp3) is 0.250. The Morgan fingerprint density at radius 3 is 2.45 bits per heavy atom. The average molecular weight is 152 g/mol. The van der Waals surface area contributed by atoms with Crippen LogP contribution in [-0.2, 0) is 0 Å². The molecule has 58 valence electrons. The van der Waals surface area contributed by atoms with Crippen molar-refractivity contribution in [2.45, 2.75) is 6.92 Å². The highest BCUT2D eigenvalue weighted by atomic mass is 16.5. The first-order chi connectivity index (χ1) is 5.36. The summed E-state index contributed by atoms with van der Waals surface area (Å²) in [6, 6.07) is 6.86. The largest absolute Gasteiger partial charge is 0.494 e. The third kappa shape index (κ3) is 2.04. The Morgan fingerprint density at radius 2 is 2.00 bits per heavy atom. The molecule has 0 amide bonds. The van der Waals surface area contributed by atoms with Crippen LogP contribution in [0.5, 0.6) is 5.75 Å². The number of rotatable bonds is 3. The molecule has 1 aromatic rings. The highest BCUT2D eigenvalue weighted by molar-refractivity contribution is 5.34. The van der Waals surface area contributed by atoms with Gasteiger partial charge in [0.1, 0.15) is 5.75 Å². The normalized spacial score (nSPS) is 9.18. The molecule has 0 spiro atoms. The van der Waals surface area contributed by atoms with E-state index in [9.17, 15) is 4.91 Å². The van der Waals surface area contributed by atoms with Crippen molar-refractivity contribution in [3.63, 3.8) is 0 Å². The summed E-state index contributed by atoms with van der Waals surface area (Å²) in [5.74, 6) is 0.784. The molecule has 0 saturated heterocycles. The van der Waals surface area contributed by atoms with Gasteiger partial charge in [0.05, 0.1) is 6.61 Å². The maximum Gasteiger partial charge on any atom is 0.253 e. The van der Waals surface area contributed by atoms with Gasteiger partial charge in [0.2, 0.25) is 0 Å². The minimum absolute atomic E-state index is 0.549. The minimum Gasteiger partial charge on any atom is -0.494 e. The Balaban J connectivity index is 2.74. The van der Waals surface area contributed by atoms with E-state index >= 15 is 0 Å². The number of hydrogen-bond acceptors (Lipinski definition) is 2. The number of nitroso groups, excluding NO2 is 1. The van der Waals surface area contributed by atoms with Crippen LogP contribution in [0.2, 0.25) is 0 Å². The minimum atomic E-state index is 0.549. The van der Waals surface area contributed by atoms with E-state index in [0.29, 0.717) is 12.3 Å². The lowest BCUT2D eigenvalue weighted by Gasteiger charge is -1.99. The zero-order valence-electron chi connectivity index (χ0n) is 6.33. The summed E-state index contributed by atoms with van der Waals surface area (Å²) < 4.78 is 5.18. The summed E-state index contributed by atoms with van der Waals surface area (Å²) in [7, 11) is 0. The van der Waals surface area contributed by atoms with Gasteiger partial charge in [0.25, 0.3) is 5.69 Å². The Labute approximate surface area is 65.0 Å². The second kappa shape index (κ2) is 3.71. The molecular weight excluding hydrogens is 142 g/mol. The van der Waals surface area contributed by atoms with Crippen molar-refractivity contribution in [2.24, 2.45) is 0 Å². The van der Waals surface area contributed by atoms with E-state index in [1.54, 1.807) is 29.4 Å². The fourth-order valence-corrected chi connectivity index (χ4v) is 0.786. The summed E-state index contributed by atoms with van der Waals surface area (Å²) in [5, 5.41) is 1.79. The van der Waals surface area contributed by atoms with E-state index in [0.717, 1.165) is 5.75 Å². The molecule has 11 heavy (non-hydrogen) atoms. The van der Waals surface area contributed by atoms with Crippen LogP contribution in [0.15, 0.2) is 24.3 Å². The predicted octanol–water partition coefficient (Wildman–Crippen LogP) is 0.564. The molecule has 1 aromatic carbocycles. The van der Waals surface area contributed by atoms with Gasteiger partial charge in [-0.25, -0.2) is 0 Å². The van der Waals surface area contributed by atoms with Crippen LogP contribution in [0, 0.1) is 4.91 Å². The van der Waals surface area contributed by atoms with Crippen LogP contribution < -0.4 is 9.91 Å². The van der Waals surface area contributed by atoms with Crippen LogP contribution in [0.25, 0.3) is 0 Å². The van der Waals surface area contributed by atoms with Gasteiger partial charge >= 0.3 is 0 Å². The zero-order valence-corrected chi connectivity index (χ0v) is 6.33. The van der Waals surface area contributed by atoms with Crippen LogP contribution in [0.3, 0.4) is 0 Å². The van der Waals surface area contributed by atoms with Gasteiger partial charge in [0, 0.05) is 22.2 Å². The van der Waals surface area contributed by atoms with Crippen molar-refractivity contribution in [2.75, 3.05) is 6.61 Å². The molecule has 3 heteroatoms. The predicted molar refractivity (Wildman–Crippen MR) is 41.6 cm³/mol. The van der Waals surface area contributed by atoms with Crippen molar-refractivity contribution < 1.29 is 9.91 Å². The third-order valence-electron chi connectivity index (χ3n) is 1.28. The molecule has 0 aliphatic carbocycles. The second-order valence-electron chi connectivity index (χ2n) is 2.06. The molecule has 1 rings (SSSR count). The SMILES string of the molecule is CCOc1ccc([NH+]=O)cc1. The Bertz CT molecular complexity index is 230. The van der Waals surface area contributed by atoms with Crippen LogP contribution in [-0.4, -0.2) is 6.61 Å². The maximum absolute atomic E-state index is 10.1. The van der Waals surface area contributed by atoms with Crippen molar-refractivity contribution in [3.8, 4) is 5.75 Å². The number of ether oxygens (including phenoxy) is 1. The first kappa shape index (κ1) is 7.72. The van der Waals surface area contributed by atoms with E-state index in [1.165, 1.54) is 0 Å². The van der Waals surface area contributed by atoms with Crippen molar-refractivity contribution in [1.82, 2.24) is 0 Å². The summed E-state index contributed by atoms with van der Waals surface area (Å²) >= 11 is 0. The molecule has 0 aliphatic rings. The lowest BCUT2D eigenvalue weighted by molar-refractivity contribution is -0.379. The van der Waals surface area contributed by atoms with Crippen LogP contribution in [0.4, 0.5) is 5.69 Å². The van der Waals surface area contributed by atoms with Gasteiger partial charge in [-0.1, -0.05) is 0 Å². The monoisotopic (exact) mass is 152 g/mol. The molecule has 0 heterocycles. The van der Waals surface area contributed by atoms with E-state index < -0.39 is 0 Å². The van der Waals surface area contributed by atoms with E-state index in [2.05, 4.69) is 0 Å². The van der Waals surface area contributed by atoms with Crippen LogP contribution in [0.1, 0.15) is 6.92 Å². The van der Waals surface area contributed by atoms with E-state index in [-0.39, 0.29) is 0 Å². The number of hydrogen-bond donors (Lipinski definition) is 1. The van der Waals surface area contributed by atoms with E-state index in [4.69, 9.17) is 4.74 Å². The van der Waals surface area contributed by atoms with Crippen molar-refractivity contribution >= 4 is 5.69 Å². The standard InChI is InChI=1S/C8H9NO2/c1-2-11-8-5-3-7(9-10)4-6-8/h3-6H,2H2,1H3/p+1. The zero-order chi connectivity index (χ0) is 8.10. The van der Waals surface area contributed by atoms with Gasteiger partial charge in [-0.2, -0.15) is 0 Å². The average Bonchev–Trinajstić information content (AvgIpc) is 2.07. The molecule has 0 fully saturated rings. The molecule has 3 nitrogen and oxygen atoms in total. The molecule has 0 atom stereocenters. The Morgan fingerprint density at radius 1 is 1.36 bits per heavy atom. The molecule has 0 saturated carbocycles. The van der Waals surface area contributed by atoms with Crippen molar-refractivity contribution in [3.05, 3.63) is 29.2 Å². The van der Waals surface area contributed by atoms with Gasteiger partial charge in [0.15, 0.2) is 0 Å². The van der Waals surface area contributed by atoms with Gasteiger partial charge < -0.3 is 4.74 Å². The summed E-state index contributed by atoms with van der Waals surface area (Å²) in [6.45, 7) is 2.56. The molecule has 0 aliphatic heterocycles. The molecule has 0 aromatic heterocycles. The number of nitrogens with one attached hydrogen (secondary N) is 1. The summed E-state index contributed by atoms with van der Waals surface area (Å²) in [5.41, 5.74) is 0.549. The first-order valence-electron chi connectivity index (χ1n) is 3.48. The molecular formula is C8H10NO2+. The van der Waals surface area contributed by atoms with Gasteiger partial charge in [-0.05, 0) is 19.1 Å². The quantitative estimate of drug-likeness (QED) is 0.687. The van der Waals surface area contributed by atoms with Crippen LogP contribution >= 0.6 is 0 Å². The maximum atomic E-state index is 10.1. The lowest BCUT2D eigenvalue weighted by atomic mass is 10.3. The first-order valence-corrected chi connectivity index (χ1v) is 3.48. The van der Waals surface area contributed by atoms with Crippen molar-refractivity contribution in [1.29, 1.82) is 0 Å². The summed E-state index contributed by atoms with van der Waals surface area (Å²) in [4.78, 5) is 10.1. The summed E-state index contributed by atoms with van der Waals surface area (Å²) in [6.07, 6.45) is 0. The van der Waals surface area contributed by atoms with E-state index in [1.807, 2.05) is 6.92 Å². The lowest BCUT2D eigenvalue weighted by Crippen LogP contribution is -2.55. The van der Waals surface area contributed by atoms with Gasteiger partial charge in [-0.3, -0.25) is 0 Å². The Kier molecular flexibility index (Phi) is 2.60. The molecule has 1 N–H and O–H groups in total. The second-order valence-corrected chi connectivity index (χ2v) is 2.06. The number of benzene rings is 1. The molecule has 0 unspecified atom stereocenters. The molecule has 0 bridgehead atoms. The smallest absolute Gasteiger partial charge is 0.253 e. The molecule has 0 radical (unpaired) electrons. The Hall–Kier alpha value is -1.38. The highest BCUT2D eigenvalue weighted by Gasteiger charge is 1.96. The topological polar surface area (TPSA) is 40.3 Å². The third-order valence-corrected chi connectivity index (χ3v) is 1.28. The van der Waals surface area contributed by atoms with Gasteiger partial charge in [-0.15, -0.1) is 0 Å². The fourth-order valence-electron chi connectivity index (χ4n) is 0.786. The highest BCUT2D eigenvalue weighted by Crippen LogP contribution is 2.11.